The van der Waals surface area contributed by atoms with Crippen LogP contribution in [-0.4, -0.2) is 38.9 Å². The summed E-state index contributed by atoms with van der Waals surface area (Å²) in [5.41, 5.74) is 6.41. The average molecular weight is 375 g/mol. The first-order valence-corrected chi connectivity index (χ1v) is 8.35. The van der Waals surface area contributed by atoms with Crippen LogP contribution in [0.3, 0.4) is 0 Å². The summed E-state index contributed by atoms with van der Waals surface area (Å²) in [5, 5.41) is 17.5. The number of nitrogens with one attached hydrogen (secondary N) is 3. The van der Waals surface area contributed by atoms with E-state index in [1.165, 1.54) is 6.20 Å². The summed E-state index contributed by atoms with van der Waals surface area (Å²) < 4.78 is 0. The lowest BCUT2D eigenvalue weighted by atomic mass is 10.2. The molecule has 0 unspecified atom stereocenters. The van der Waals surface area contributed by atoms with Crippen LogP contribution < -0.4 is 21.7 Å². The fourth-order valence-corrected chi connectivity index (χ4v) is 2.21. The van der Waals surface area contributed by atoms with Gasteiger partial charge in [0.2, 0.25) is 11.9 Å². The third-order valence-corrected chi connectivity index (χ3v) is 3.56. The second-order valence-corrected chi connectivity index (χ2v) is 5.54. The SMILES string of the molecule is N#Cc1cnc(NCCNc2nccc(NC(=O)c3ccccc3)n2)nc1N. The minimum Gasteiger partial charge on any atom is -0.382 e. The van der Waals surface area contributed by atoms with Crippen LogP contribution in [0.2, 0.25) is 0 Å². The van der Waals surface area contributed by atoms with Crippen LogP contribution in [0.5, 0.6) is 0 Å². The van der Waals surface area contributed by atoms with Crippen LogP contribution in [0.15, 0.2) is 48.8 Å². The van der Waals surface area contributed by atoms with Crippen LogP contribution >= 0.6 is 0 Å². The Hall–Kier alpha value is -4.26. The summed E-state index contributed by atoms with van der Waals surface area (Å²) in [6, 6.07) is 12.4. The van der Waals surface area contributed by atoms with E-state index in [-0.39, 0.29) is 17.3 Å². The van der Waals surface area contributed by atoms with Crippen molar-refractivity contribution in [2.75, 3.05) is 34.8 Å². The summed E-state index contributed by atoms with van der Waals surface area (Å²) in [5.74, 6) is 0.958. The molecule has 28 heavy (non-hydrogen) atoms. The number of nitrogens with two attached hydrogens (primary N) is 1. The van der Waals surface area contributed by atoms with Gasteiger partial charge in [-0.25, -0.2) is 9.97 Å². The summed E-state index contributed by atoms with van der Waals surface area (Å²) >= 11 is 0. The molecule has 5 N–H and O–H groups in total. The van der Waals surface area contributed by atoms with E-state index in [4.69, 9.17) is 11.0 Å². The van der Waals surface area contributed by atoms with Crippen LogP contribution in [0.4, 0.5) is 23.5 Å². The van der Waals surface area contributed by atoms with Gasteiger partial charge in [-0.2, -0.15) is 15.2 Å². The number of nitrogen functional groups attached to an aromatic ring is 1. The molecule has 1 aromatic carbocycles. The van der Waals surface area contributed by atoms with Crippen LogP contribution in [0, 0.1) is 11.3 Å². The number of benzene rings is 1. The standard InChI is InChI=1S/C18H17N9O/c19-10-13-11-24-18(27-15(13)20)23-9-8-22-17-21-7-6-14(26-17)25-16(28)12-4-2-1-3-5-12/h1-7,11H,8-9H2,(H3,20,23,24,27)(H2,21,22,25,26,28). The van der Waals surface area contributed by atoms with Gasteiger partial charge in [0.1, 0.15) is 23.3 Å². The lowest BCUT2D eigenvalue weighted by Gasteiger charge is -2.09. The number of nitriles is 1. The van der Waals surface area contributed by atoms with Gasteiger partial charge in [-0.3, -0.25) is 4.79 Å². The Labute approximate surface area is 160 Å². The highest BCUT2D eigenvalue weighted by Gasteiger charge is 2.07. The van der Waals surface area contributed by atoms with Crippen LogP contribution in [0.1, 0.15) is 15.9 Å². The molecule has 3 aromatic rings. The van der Waals surface area contributed by atoms with Crippen molar-refractivity contribution >= 4 is 29.4 Å². The molecule has 0 radical (unpaired) electrons. The predicted molar refractivity (Wildman–Crippen MR) is 105 cm³/mol. The third-order valence-electron chi connectivity index (χ3n) is 3.56. The van der Waals surface area contributed by atoms with Gasteiger partial charge >= 0.3 is 0 Å². The Kier molecular flexibility index (Phi) is 5.89. The normalized spacial score (nSPS) is 9.96. The van der Waals surface area contributed by atoms with Crippen LogP contribution in [0.25, 0.3) is 0 Å². The topological polar surface area (TPSA) is 155 Å². The molecule has 0 atom stereocenters. The summed E-state index contributed by atoms with van der Waals surface area (Å²) in [6.45, 7) is 0.939. The second-order valence-electron chi connectivity index (χ2n) is 5.54. The van der Waals surface area contributed by atoms with Crippen molar-refractivity contribution in [3.05, 3.63) is 59.9 Å². The number of nitrogens with zero attached hydrogens (tertiary/aromatic N) is 5. The highest BCUT2D eigenvalue weighted by atomic mass is 16.1. The molecule has 1 amide bonds. The number of anilines is 4. The zero-order valence-electron chi connectivity index (χ0n) is 14.8. The fraction of sp³-hybridized carbons (Fsp3) is 0.111. The van der Waals surface area contributed by atoms with Crippen molar-refractivity contribution in [1.29, 1.82) is 5.26 Å². The minimum absolute atomic E-state index is 0.123. The smallest absolute Gasteiger partial charge is 0.256 e. The lowest BCUT2D eigenvalue weighted by molar-refractivity contribution is 0.102. The zero-order chi connectivity index (χ0) is 19.8. The lowest BCUT2D eigenvalue weighted by Crippen LogP contribution is -2.18. The number of amides is 1. The van der Waals surface area contributed by atoms with Gasteiger partial charge in [0, 0.05) is 24.8 Å². The maximum absolute atomic E-state index is 12.2. The van der Waals surface area contributed by atoms with Gasteiger partial charge in [0.25, 0.3) is 5.91 Å². The molecule has 140 valence electrons. The number of carbonyl (C=O) groups excluding carboxylic acids is 1. The Morgan fingerprint density at radius 1 is 1.04 bits per heavy atom. The first kappa shape index (κ1) is 18.5. The highest BCUT2D eigenvalue weighted by molar-refractivity contribution is 6.03. The molecule has 0 aliphatic heterocycles. The quantitative estimate of drug-likeness (QED) is 0.449. The van der Waals surface area contributed by atoms with Gasteiger partial charge in [-0.1, -0.05) is 18.2 Å². The van der Waals surface area contributed by atoms with Crippen molar-refractivity contribution in [2.24, 2.45) is 0 Å². The fourth-order valence-electron chi connectivity index (χ4n) is 2.21. The van der Waals surface area contributed by atoms with Gasteiger partial charge in [0.05, 0.1) is 6.20 Å². The third kappa shape index (κ3) is 4.89. The van der Waals surface area contributed by atoms with Crippen molar-refractivity contribution in [3.8, 4) is 6.07 Å². The highest BCUT2D eigenvalue weighted by Crippen LogP contribution is 2.09. The van der Waals surface area contributed by atoms with E-state index in [2.05, 4.69) is 35.9 Å². The molecular weight excluding hydrogens is 358 g/mol. The molecule has 10 nitrogen and oxygen atoms in total. The first-order chi connectivity index (χ1) is 13.7. The number of hydrogen-bond acceptors (Lipinski definition) is 9. The molecule has 3 rings (SSSR count). The molecule has 0 fully saturated rings. The van der Waals surface area contributed by atoms with Gasteiger partial charge in [-0.05, 0) is 18.2 Å². The minimum atomic E-state index is -0.248. The van der Waals surface area contributed by atoms with E-state index in [0.29, 0.717) is 36.4 Å². The zero-order valence-corrected chi connectivity index (χ0v) is 14.8. The molecule has 2 heterocycles. The van der Waals surface area contributed by atoms with Crippen molar-refractivity contribution in [3.63, 3.8) is 0 Å². The van der Waals surface area contributed by atoms with Crippen molar-refractivity contribution in [2.45, 2.75) is 0 Å². The molecule has 10 heteroatoms. The Balaban J connectivity index is 1.50. The second kappa shape index (κ2) is 8.91. The van der Waals surface area contributed by atoms with Gasteiger partial charge in [-0.15, -0.1) is 0 Å². The number of hydrogen-bond donors (Lipinski definition) is 4. The van der Waals surface area contributed by atoms with E-state index in [0.717, 1.165) is 0 Å². The molecule has 2 aromatic heterocycles. The molecule has 0 saturated heterocycles. The van der Waals surface area contributed by atoms with Crippen molar-refractivity contribution in [1.82, 2.24) is 19.9 Å². The Bertz CT molecular complexity index is 1000. The summed E-state index contributed by atoms with van der Waals surface area (Å²) in [4.78, 5) is 28.5. The van der Waals surface area contributed by atoms with E-state index < -0.39 is 0 Å². The monoisotopic (exact) mass is 375 g/mol. The molecule has 0 bridgehead atoms. The van der Waals surface area contributed by atoms with Crippen molar-refractivity contribution < 1.29 is 4.79 Å². The summed E-state index contributed by atoms with van der Waals surface area (Å²) in [6.07, 6.45) is 2.91. The van der Waals surface area contributed by atoms with Gasteiger partial charge in [0.15, 0.2) is 0 Å². The first-order valence-electron chi connectivity index (χ1n) is 8.35. The Morgan fingerprint density at radius 2 is 1.75 bits per heavy atom. The average Bonchev–Trinajstić information content (AvgIpc) is 2.72. The molecule has 0 aliphatic rings. The molecular formula is C18H17N9O. The largest absolute Gasteiger partial charge is 0.382 e. The number of aromatic nitrogens is 4. The maximum atomic E-state index is 12.2. The van der Waals surface area contributed by atoms with E-state index in [9.17, 15) is 4.79 Å². The van der Waals surface area contributed by atoms with Gasteiger partial charge < -0.3 is 21.7 Å². The molecule has 0 spiro atoms. The van der Waals surface area contributed by atoms with Crippen LogP contribution in [-0.2, 0) is 0 Å². The molecule has 0 aliphatic carbocycles. The predicted octanol–water partition coefficient (Wildman–Crippen LogP) is 1.50. The van der Waals surface area contributed by atoms with E-state index >= 15 is 0 Å². The molecule has 0 saturated carbocycles. The number of rotatable bonds is 7. The summed E-state index contributed by atoms with van der Waals surface area (Å²) in [7, 11) is 0. The van der Waals surface area contributed by atoms with E-state index in [1.807, 2.05) is 12.1 Å². The maximum Gasteiger partial charge on any atom is 0.256 e. The number of carbonyl (C=O) groups is 1. The Morgan fingerprint density at radius 3 is 2.43 bits per heavy atom. The van der Waals surface area contributed by atoms with E-state index in [1.54, 1.807) is 36.5 Å².